The van der Waals surface area contributed by atoms with E-state index in [1.54, 1.807) is 47.4 Å². The highest BCUT2D eigenvalue weighted by molar-refractivity contribution is 6.32. The topological polar surface area (TPSA) is 73.7 Å². The number of halogens is 1. The van der Waals surface area contributed by atoms with Crippen molar-refractivity contribution >= 4 is 29.2 Å². The second-order valence-electron chi connectivity index (χ2n) is 5.85. The lowest BCUT2D eigenvalue weighted by molar-refractivity contribution is -0.139. The molecule has 1 aliphatic rings. The molecule has 2 aromatic rings. The first-order valence-electron chi connectivity index (χ1n) is 8.33. The van der Waals surface area contributed by atoms with Crippen LogP contribution in [0.15, 0.2) is 66.2 Å². The molecule has 0 atom stereocenters. The first-order valence-corrected chi connectivity index (χ1v) is 8.71. The molecule has 8 heteroatoms. The molecular formula is C20H18ClN3O4. The number of allylic oxidation sites excluding steroid dienone is 2. The van der Waals surface area contributed by atoms with E-state index in [4.69, 9.17) is 21.1 Å². The van der Waals surface area contributed by atoms with Crippen molar-refractivity contribution in [3.05, 3.63) is 76.9 Å². The van der Waals surface area contributed by atoms with Crippen molar-refractivity contribution < 1.29 is 19.1 Å². The number of benzene rings is 1. The molecular weight excluding hydrogens is 382 g/mol. The van der Waals surface area contributed by atoms with Gasteiger partial charge in [0.2, 0.25) is 0 Å². The zero-order valence-corrected chi connectivity index (χ0v) is 16.3. The summed E-state index contributed by atoms with van der Waals surface area (Å²) < 4.78 is 11.4. The zero-order chi connectivity index (χ0) is 20.3. The fourth-order valence-corrected chi connectivity index (χ4v) is 3.01. The number of anilines is 1. The average Bonchev–Trinajstić information content (AvgIpc) is 3.00. The van der Waals surface area contributed by atoms with Gasteiger partial charge in [-0.15, -0.1) is 0 Å². The van der Waals surface area contributed by atoms with E-state index in [-0.39, 0.29) is 11.3 Å². The Balaban J connectivity index is 2.11. The van der Waals surface area contributed by atoms with Crippen LogP contribution in [0.25, 0.3) is 5.69 Å². The van der Waals surface area contributed by atoms with E-state index < -0.39 is 11.9 Å². The van der Waals surface area contributed by atoms with Crippen LogP contribution >= 0.6 is 11.6 Å². The molecule has 0 N–H and O–H groups in total. The van der Waals surface area contributed by atoms with Crippen LogP contribution in [0.3, 0.4) is 0 Å². The van der Waals surface area contributed by atoms with Crippen LogP contribution in [0.1, 0.15) is 5.69 Å². The molecule has 0 radical (unpaired) electrons. The van der Waals surface area contributed by atoms with E-state index >= 15 is 0 Å². The van der Waals surface area contributed by atoms with Crippen LogP contribution in [0.5, 0.6) is 0 Å². The molecule has 0 saturated heterocycles. The van der Waals surface area contributed by atoms with Crippen LogP contribution in [-0.2, 0) is 19.1 Å². The van der Waals surface area contributed by atoms with Gasteiger partial charge in [-0.25, -0.2) is 14.3 Å². The lowest BCUT2D eigenvalue weighted by Gasteiger charge is -2.23. The highest BCUT2D eigenvalue weighted by Gasteiger charge is 2.27. The van der Waals surface area contributed by atoms with Gasteiger partial charge in [0.1, 0.15) is 5.70 Å². The van der Waals surface area contributed by atoms with Crippen LogP contribution in [0.4, 0.5) is 5.69 Å². The van der Waals surface area contributed by atoms with Crippen molar-refractivity contribution in [2.45, 2.75) is 6.92 Å². The fraction of sp³-hybridized carbons (Fsp3) is 0.150. The first-order chi connectivity index (χ1) is 13.5. The normalized spacial score (nSPS) is 13.5. The Bertz CT molecular complexity index is 1020. The molecule has 0 unspecified atom stereocenters. The molecule has 3 rings (SSSR count). The third kappa shape index (κ3) is 3.70. The summed E-state index contributed by atoms with van der Waals surface area (Å²) in [5.74, 6) is -1.33. The third-order valence-corrected chi connectivity index (χ3v) is 4.37. The number of rotatable bonds is 4. The predicted octanol–water partition coefficient (Wildman–Crippen LogP) is 3.32. The maximum absolute atomic E-state index is 12.5. The van der Waals surface area contributed by atoms with Gasteiger partial charge in [-0.2, -0.15) is 5.10 Å². The molecule has 1 aromatic carbocycles. The summed E-state index contributed by atoms with van der Waals surface area (Å²) >= 11 is 6.47. The summed E-state index contributed by atoms with van der Waals surface area (Å²) in [6.45, 7) is 1.88. The summed E-state index contributed by atoms with van der Waals surface area (Å²) in [5.41, 5.74) is 2.22. The molecule has 0 fully saturated rings. The Hall–Kier alpha value is -3.32. The van der Waals surface area contributed by atoms with Gasteiger partial charge in [0.15, 0.2) is 0 Å². The molecule has 2 heterocycles. The van der Waals surface area contributed by atoms with Gasteiger partial charge >= 0.3 is 11.9 Å². The van der Waals surface area contributed by atoms with Gasteiger partial charge in [-0.3, -0.25) is 0 Å². The van der Waals surface area contributed by atoms with E-state index in [0.29, 0.717) is 16.4 Å². The molecule has 7 nitrogen and oxygen atoms in total. The molecule has 0 saturated carbocycles. The maximum atomic E-state index is 12.5. The number of hydrogen-bond acceptors (Lipinski definition) is 6. The van der Waals surface area contributed by atoms with Gasteiger partial charge in [0.05, 0.1) is 36.2 Å². The van der Waals surface area contributed by atoms with E-state index in [2.05, 4.69) is 5.10 Å². The number of aryl methyl sites for hydroxylation is 1. The van der Waals surface area contributed by atoms with E-state index in [1.165, 1.54) is 25.2 Å². The largest absolute Gasteiger partial charge is 0.465 e. The van der Waals surface area contributed by atoms with Crippen molar-refractivity contribution in [1.82, 2.24) is 9.78 Å². The van der Waals surface area contributed by atoms with Crippen LogP contribution in [0.2, 0.25) is 5.02 Å². The molecule has 0 bridgehead atoms. The average molecular weight is 400 g/mol. The Morgan fingerprint density at radius 3 is 2.43 bits per heavy atom. The number of carbonyl (C=O) groups is 2. The third-order valence-electron chi connectivity index (χ3n) is 4.07. The van der Waals surface area contributed by atoms with Crippen molar-refractivity contribution in [2.75, 3.05) is 19.1 Å². The van der Waals surface area contributed by atoms with E-state index in [1.807, 2.05) is 13.0 Å². The van der Waals surface area contributed by atoms with Crippen LogP contribution in [0, 0.1) is 6.92 Å². The van der Waals surface area contributed by atoms with Crippen molar-refractivity contribution in [3.63, 3.8) is 0 Å². The van der Waals surface area contributed by atoms with E-state index in [9.17, 15) is 9.59 Å². The van der Waals surface area contributed by atoms with Gasteiger partial charge in [0, 0.05) is 18.1 Å². The summed E-state index contributed by atoms with van der Waals surface area (Å²) in [5, 5.41) is 4.78. The summed E-state index contributed by atoms with van der Waals surface area (Å²) in [4.78, 5) is 26.2. The quantitative estimate of drug-likeness (QED) is 0.734. The zero-order valence-electron chi connectivity index (χ0n) is 15.5. The van der Waals surface area contributed by atoms with Gasteiger partial charge < -0.3 is 14.4 Å². The Labute approximate surface area is 167 Å². The Morgan fingerprint density at radius 1 is 1.07 bits per heavy atom. The fourth-order valence-electron chi connectivity index (χ4n) is 2.75. The molecule has 28 heavy (non-hydrogen) atoms. The molecule has 0 spiro atoms. The second kappa shape index (κ2) is 8.14. The SMILES string of the molecule is COC(=O)C1=C(C(=O)OC)N(c2ccc(-n3ccc(C)n3)c(Cl)c2)C=CC=C1. The minimum atomic E-state index is -0.681. The van der Waals surface area contributed by atoms with Gasteiger partial charge in [-0.05, 0) is 43.3 Å². The Morgan fingerprint density at radius 2 is 1.82 bits per heavy atom. The smallest absolute Gasteiger partial charge is 0.355 e. The number of hydrogen-bond donors (Lipinski definition) is 0. The van der Waals surface area contributed by atoms with Gasteiger partial charge in [-0.1, -0.05) is 17.7 Å². The number of aromatic nitrogens is 2. The summed E-state index contributed by atoms with van der Waals surface area (Å²) in [6.07, 6.45) is 8.27. The number of ether oxygens (including phenoxy) is 2. The first kappa shape index (κ1) is 19.4. The minimum absolute atomic E-state index is 0.0260. The minimum Gasteiger partial charge on any atom is -0.465 e. The lowest BCUT2D eigenvalue weighted by Crippen LogP contribution is -2.27. The Kier molecular flexibility index (Phi) is 5.65. The molecule has 1 aliphatic heterocycles. The molecule has 0 aliphatic carbocycles. The maximum Gasteiger partial charge on any atom is 0.355 e. The molecule has 0 amide bonds. The van der Waals surface area contributed by atoms with Crippen molar-refractivity contribution in [2.24, 2.45) is 0 Å². The number of esters is 2. The van der Waals surface area contributed by atoms with Crippen LogP contribution < -0.4 is 4.90 Å². The van der Waals surface area contributed by atoms with Crippen LogP contribution in [-0.4, -0.2) is 35.9 Å². The number of carbonyl (C=O) groups excluding carboxylic acids is 2. The second-order valence-corrected chi connectivity index (χ2v) is 6.26. The summed E-state index contributed by atoms with van der Waals surface area (Å²) in [7, 11) is 2.50. The predicted molar refractivity (Wildman–Crippen MR) is 105 cm³/mol. The highest BCUT2D eigenvalue weighted by atomic mass is 35.5. The lowest BCUT2D eigenvalue weighted by atomic mass is 10.1. The monoisotopic (exact) mass is 399 g/mol. The number of methoxy groups -OCH3 is 2. The number of nitrogens with zero attached hydrogens (tertiary/aromatic N) is 3. The van der Waals surface area contributed by atoms with Gasteiger partial charge in [0.25, 0.3) is 0 Å². The van der Waals surface area contributed by atoms with Crippen molar-refractivity contribution in [1.29, 1.82) is 0 Å². The highest BCUT2D eigenvalue weighted by Crippen LogP contribution is 2.31. The molecule has 1 aromatic heterocycles. The van der Waals surface area contributed by atoms with E-state index in [0.717, 1.165) is 5.69 Å². The summed E-state index contributed by atoms with van der Waals surface area (Å²) in [6, 6.07) is 7.10. The molecule has 144 valence electrons. The standard InChI is InChI=1S/C20H18ClN3O4/c1-13-9-11-24(22-13)17-8-7-14(12-16(17)21)23-10-5-4-6-15(19(25)27-2)18(23)20(26)28-3/h4-12H,1-3H3. The van der Waals surface area contributed by atoms with Crippen molar-refractivity contribution in [3.8, 4) is 5.69 Å².